The predicted molar refractivity (Wildman–Crippen MR) is 60.4 cm³/mol. The Bertz CT molecular complexity index is 167. The number of thiol groups is 1. The van der Waals surface area contributed by atoms with Gasteiger partial charge >= 0.3 is 0 Å². The molecule has 1 nitrogen and oxygen atoms in total. The largest absolute Gasteiger partial charge is 0.303 e. The van der Waals surface area contributed by atoms with Crippen molar-refractivity contribution in [3.63, 3.8) is 0 Å². The molecule has 0 aromatic rings. The maximum atomic E-state index is 4.50. The number of hydrogen-bond donors (Lipinski definition) is 1. The zero-order valence-corrected chi connectivity index (χ0v) is 9.52. The van der Waals surface area contributed by atoms with E-state index in [1.807, 2.05) is 0 Å². The van der Waals surface area contributed by atoms with Gasteiger partial charge in [0.1, 0.15) is 0 Å². The first kappa shape index (κ1) is 9.85. The zero-order chi connectivity index (χ0) is 9.31. The van der Waals surface area contributed by atoms with Gasteiger partial charge in [0, 0.05) is 12.6 Å². The van der Waals surface area contributed by atoms with Crippen LogP contribution in [0.25, 0.3) is 0 Å². The second-order valence-electron chi connectivity index (χ2n) is 5.01. The van der Waals surface area contributed by atoms with Crippen molar-refractivity contribution in [3.8, 4) is 0 Å². The summed E-state index contributed by atoms with van der Waals surface area (Å²) in [6, 6.07) is 0.900. The standard InChI is InChI=1S/C11H21NS/c1-12(10-4-2-5-10)8-11(9-13)6-3-7-11/h10,13H,2-9H2,1H3. The minimum Gasteiger partial charge on any atom is -0.303 e. The van der Waals surface area contributed by atoms with E-state index in [2.05, 4.69) is 24.6 Å². The monoisotopic (exact) mass is 199 g/mol. The van der Waals surface area contributed by atoms with Crippen LogP contribution in [0.1, 0.15) is 38.5 Å². The van der Waals surface area contributed by atoms with Crippen molar-refractivity contribution in [1.29, 1.82) is 0 Å². The summed E-state index contributed by atoms with van der Waals surface area (Å²) in [4.78, 5) is 2.58. The summed E-state index contributed by atoms with van der Waals surface area (Å²) in [5.41, 5.74) is 0.591. The molecule has 0 heterocycles. The molecule has 76 valence electrons. The molecule has 2 rings (SSSR count). The van der Waals surface area contributed by atoms with Gasteiger partial charge in [0.05, 0.1) is 0 Å². The lowest BCUT2D eigenvalue weighted by Crippen LogP contribution is -2.47. The molecule has 0 radical (unpaired) electrons. The van der Waals surface area contributed by atoms with E-state index in [4.69, 9.17) is 0 Å². The van der Waals surface area contributed by atoms with E-state index in [9.17, 15) is 0 Å². The van der Waals surface area contributed by atoms with Crippen molar-refractivity contribution in [2.75, 3.05) is 19.3 Å². The van der Waals surface area contributed by atoms with Gasteiger partial charge in [-0.15, -0.1) is 0 Å². The fourth-order valence-corrected chi connectivity index (χ4v) is 2.94. The van der Waals surface area contributed by atoms with Crippen molar-refractivity contribution in [3.05, 3.63) is 0 Å². The number of nitrogens with zero attached hydrogens (tertiary/aromatic N) is 1. The van der Waals surface area contributed by atoms with Crippen molar-refractivity contribution in [2.45, 2.75) is 44.6 Å². The summed E-state index contributed by atoms with van der Waals surface area (Å²) in [7, 11) is 2.30. The molecule has 0 aromatic heterocycles. The smallest absolute Gasteiger partial charge is 0.00924 e. The molecule has 0 aromatic carbocycles. The molecule has 0 N–H and O–H groups in total. The number of rotatable bonds is 4. The topological polar surface area (TPSA) is 3.24 Å². The van der Waals surface area contributed by atoms with Crippen molar-refractivity contribution < 1.29 is 0 Å². The van der Waals surface area contributed by atoms with E-state index < -0.39 is 0 Å². The second-order valence-corrected chi connectivity index (χ2v) is 5.33. The van der Waals surface area contributed by atoms with Crippen molar-refractivity contribution in [2.24, 2.45) is 5.41 Å². The molecule has 2 aliphatic rings. The molecule has 0 bridgehead atoms. The van der Waals surface area contributed by atoms with E-state index in [-0.39, 0.29) is 0 Å². The molecule has 2 fully saturated rings. The highest BCUT2D eigenvalue weighted by molar-refractivity contribution is 7.80. The summed E-state index contributed by atoms with van der Waals surface area (Å²) in [6.45, 7) is 1.29. The van der Waals surface area contributed by atoms with Gasteiger partial charge < -0.3 is 4.90 Å². The van der Waals surface area contributed by atoms with Gasteiger partial charge in [-0.1, -0.05) is 12.8 Å². The lowest BCUT2D eigenvalue weighted by Gasteiger charge is -2.47. The fourth-order valence-electron chi connectivity index (χ4n) is 2.53. The van der Waals surface area contributed by atoms with Gasteiger partial charge in [-0.05, 0) is 43.9 Å². The minimum atomic E-state index is 0.591. The normalized spacial score (nSPS) is 27.0. The third kappa shape index (κ3) is 1.89. The van der Waals surface area contributed by atoms with Gasteiger partial charge in [0.2, 0.25) is 0 Å². The summed E-state index contributed by atoms with van der Waals surface area (Å²) in [5.74, 6) is 1.09. The quantitative estimate of drug-likeness (QED) is 0.681. The van der Waals surface area contributed by atoms with Crippen LogP contribution in [0.2, 0.25) is 0 Å². The Morgan fingerprint density at radius 1 is 1.31 bits per heavy atom. The Hall–Kier alpha value is 0.310. The summed E-state index contributed by atoms with van der Waals surface area (Å²) < 4.78 is 0. The van der Waals surface area contributed by atoms with Crippen LogP contribution < -0.4 is 0 Å². The molecule has 0 saturated heterocycles. The first-order chi connectivity index (χ1) is 6.26. The molecule has 0 spiro atoms. The van der Waals surface area contributed by atoms with Gasteiger partial charge in [-0.2, -0.15) is 12.6 Å². The highest BCUT2D eigenvalue weighted by Crippen LogP contribution is 2.43. The van der Waals surface area contributed by atoms with E-state index in [1.165, 1.54) is 45.1 Å². The van der Waals surface area contributed by atoms with Crippen LogP contribution in [-0.4, -0.2) is 30.3 Å². The van der Waals surface area contributed by atoms with Gasteiger partial charge in [0.15, 0.2) is 0 Å². The highest BCUT2D eigenvalue weighted by Gasteiger charge is 2.38. The van der Waals surface area contributed by atoms with E-state index in [0.717, 1.165) is 11.8 Å². The Balaban J connectivity index is 1.81. The van der Waals surface area contributed by atoms with Crippen LogP contribution in [0.5, 0.6) is 0 Å². The lowest BCUT2D eigenvalue weighted by molar-refractivity contribution is 0.0568. The summed E-state index contributed by atoms with van der Waals surface area (Å²) in [6.07, 6.45) is 8.56. The van der Waals surface area contributed by atoms with E-state index in [1.54, 1.807) is 0 Å². The molecular weight excluding hydrogens is 178 g/mol. The van der Waals surface area contributed by atoms with Crippen LogP contribution in [0.4, 0.5) is 0 Å². The average molecular weight is 199 g/mol. The molecule has 2 aliphatic carbocycles. The molecule has 0 aliphatic heterocycles. The van der Waals surface area contributed by atoms with E-state index >= 15 is 0 Å². The van der Waals surface area contributed by atoms with Crippen LogP contribution in [0.15, 0.2) is 0 Å². The molecule has 0 unspecified atom stereocenters. The van der Waals surface area contributed by atoms with Gasteiger partial charge in [-0.3, -0.25) is 0 Å². The maximum Gasteiger partial charge on any atom is 0.00924 e. The average Bonchev–Trinajstić information content (AvgIpc) is 1.93. The Labute approximate surface area is 87.3 Å². The number of hydrogen-bond acceptors (Lipinski definition) is 2. The molecule has 13 heavy (non-hydrogen) atoms. The van der Waals surface area contributed by atoms with E-state index in [0.29, 0.717) is 5.41 Å². The highest BCUT2D eigenvalue weighted by atomic mass is 32.1. The van der Waals surface area contributed by atoms with Crippen molar-refractivity contribution in [1.82, 2.24) is 4.90 Å². The van der Waals surface area contributed by atoms with Crippen LogP contribution in [0, 0.1) is 5.41 Å². The Morgan fingerprint density at radius 3 is 2.31 bits per heavy atom. The molecule has 2 heteroatoms. The van der Waals surface area contributed by atoms with Crippen LogP contribution >= 0.6 is 12.6 Å². The van der Waals surface area contributed by atoms with Gasteiger partial charge in [0.25, 0.3) is 0 Å². The maximum absolute atomic E-state index is 4.50. The summed E-state index contributed by atoms with van der Waals surface area (Å²) in [5, 5.41) is 0. The molecule has 0 atom stereocenters. The van der Waals surface area contributed by atoms with Crippen LogP contribution in [-0.2, 0) is 0 Å². The van der Waals surface area contributed by atoms with Gasteiger partial charge in [-0.25, -0.2) is 0 Å². The summed E-state index contributed by atoms with van der Waals surface area (Å²) >= 11 is 4.50. The van der Waals surface area contributed by atoms with Crippen LogP contribution in [0.3, 0.4) is 0 Å². The third-order valence-corrected chi connectivity index (χ3v) is 4.70. The Kier molecular flexibility index (Phi) is 2.89. The molecular formula is C11H21NS. The first-order valence-electron chi connectivity index (χ1n) is 5.57. The Morgan fingerprint density at radius 2 is 2.00 bits per heavy atom. The second kappa shape index (κ2) is 3.82. The SMILES string of the molecule is CN(CC1(CS)CCC1)C1CCC1. The zero-order valence-electron chi connectivity index (χ0n) is 8.63. The predicted octanol–water partition coefficient (Wildman–Crippen LogP) is 2.57. The molecule has 2 saturated carbocycles. The third-order valence-electron chi connectivity index (χ3n) is 4.03. The molecule has 0 amide bonds. The minimum absolute atomic E-state index is 0.591. The van der Waals surface area contributed by atoms with Crippen molar-refractivity contribution >= 4 is 12.6 Å². The fraction of sp³-hybridized carbons (Fsp3) is 1.00. The lowest BCUT2D eigenvalue weighted by atomic mass is 9.69. The first-order valence-corrected chi connectivity index (χ1v) is 6.20.